The predicted octanol–water partition coefficient (Wildman–Crippen LogP) is 4.33. The first-order chi connectivity index (χ1) is 10.2. The molecule has 0 fully saturated rings. The molecule has 0 bridgehead atoms. The summed E-state index contributed by atoms with van der Waals surface area (Å²) in [6, 6.07) is 16.2. The van der Waals surface area contributed by atoms with Crippen molar-refractivity contribution in [3.8, 4) is 17.1 Å². The summed E-state index contributed by atoms with van der Waals surface area (Å²) in [4.78, 5) is 9.21. The Bertz CT molecular complexity index is 917. The van der Waals surface area contributed by atoms with Gasteiger partial charge in [0.2, 0.25) is 4.77 Å². The van der Waals surface area contributed by atoms with Crippen molar-refractivity contribution < 1.29 is 0 Å². The molecule has 0 amide bonds. The lowest BCUT2D eigenvalue weighted by Gasteiger charge is -2.07. The van der Waals surface area contributed by atoms with Crippen LogP contribution >= 0.6 is 28.1 Å². The van der Waals surface area contributed by atoms with Gasteiger partial charge >= 0.3 is 0 Å². The van der Waals surface area contributed by atoms with Crippen LogP contribution in [0.15, 0.2) is 53.0 Å². The second-order valence-corrected chi connectivity index (χ2v) is 6.18. The number of para-hydroxylation sites is 1. The highest BCUT2D eigenvalue weighted by molar-refractivity contribution is 9.10. The zero-order valence-electron chi connectivity index (χ0n) is 11.0. The Morgan fingerprint density at radius 3 is 2.76 bits per heavy atom. The Morgan fingerprint density at radius 1 is 1.05 bits per heavy atom. The third-order valence-corrected chi connectivity index (χ3v) is 4.32. The van der Waals surface area contributed by atoms with Crippen molar-refractivity contribution in [3.05, 3.63) is 69.2 Å². The van der Waals surface area contributed by atoms with E-state index in [4.69, 9.17) is 17.2 Å². The first-order valence-corrected chi connectivity index (χ1v) is 7.77. The summed E-state index contributed by atoms with van der Waals surface area (Å²) in [5.41, 5.74) is 3.30. The third-order valence-electron chi connectivity index (χ3n) is 3.55. The Kier molecular flexibility index (Phi) is 2.97. The number of hydrogen-bond donors (Lipinski definition) is 0. The van der Waals surface area contributed by atoms with E-state index < -0.39 is 0 Å². The number of fused-ring (bicyclic) bond motifs is 3. The van der Waals surface area contributed by atoms with E-state index in [-0.39, 0.29) is 0 Å². The number of aromatic nitrogens is 3. The van der Waals surface area contributed by atoms with Gasteiger partial charge in [-0.2, -0.15) is 4.98 Å². The highest BCUT2D eigenvalue weighted by atomic mass is 79.9. The number of hydrogen-bond acceptors (Lipinski definition) is 3. The van der Waals surface area contributed by atoms with Gasteiger partial charge in [0.1, 0.15) is 5.82 Å². The van der Waals surface area contributed by atoms with Crippen molar-refractivity contribution in [2.75, 3.05) is 0 Å². The predicted molar refractivity (Wildman–Crippen MR) is 88.1 cm³/mol. The van der Waals surface area contributed by atoms with E-state index in [0.717, 1.165) is 28.0 Å². The highest BCUT2D eigenvalue weighted by Gasteiger charge is 2.20. The molecule has 1 aromatic heterocycles. The van der Waals surface area contributed by atoms with Crippen LogP contribution in [0.4, 0.5) is 0 Å². The first-order valence-electron chi connectivity index (χ1n) is 6.56. The van der Waals surface area contributed by atoms with Crippen molar-refractivity contribution in [2.45, 2.75) is 6.42 Å². The number of nitrogens with zero attached hydrogens (tertiary/aromatic N) is 3. The van der Waals surface area contributed by atoms with Crippen molar-refractivity contribution in [1.82, 2.24) is 14.5 Å². The molecule has 0 unspecified atom stereocenters. The fourth-order valence-electron chi connectivity index (χ4n) is 2.61. The van der Waals surface area contributed by atoms with Gasteiger partial charge in [-0.25, -0.2) is 4.98 Å². The lowest BCUT2D eigenvalue weighted by atomic mass is 10.1. The highest BCUT2D eigenvalue weighted by Crippen LogP contribution is 2.28. The van der Waals surface area contributed by atoms with Crippen LogP contribution in [-0.4, -0.2) is 14.5 Å². The fraction of sp³-hybridized carbons (Fsp3) is 0.0625. The normalized spacial score (nSPS) is 12.0. The van der Waals surface area contributed by atoms with E-state index in [0.29, 0.717) is 10.6 Å². The lowest BCUT2D eigenvalue weighted by Crippen LogP contribution is -2.05. The van der Waals surface area contributed by atoms with Crippen LogP contribution in [0.2, 0.25) is 0 Å². The van der Waals surface area contributed by atoms with Gasteiger partial charge in [-0.3, -0.25) is 4.57 Å². The van der Waals surface area contributed by atoms with Crippen LogP contribution in [0.5, 0.6) is 0 Å². The summed E-state index contributed by atoms with van der Waals surface area (Å²) in [6.45, 7) is 0. The molecule has 102 valence electrons. The van der Waals surface area contributed by atoms with Crippen molar-refractivity contribution >= 4 is 28.1 Å². The molecule has 0 saturated heterocycles. The molecule has 0 N–H and O–H groups in total. The molecule has 3 nitrogen and oxygen atoms in total. The maximum Gasteiger partial charge on any atom is 0.207 e. The van der Waals surface area contributed by atoms with Gasteiger partial charge in [-0.05, 0) is 36.0 Å². The molecule has 1 aliphatic heterocycles. The Balaban J connectivity index is 1.92. The minimum absolute atomic E-state index is 0.555. The van der Waals surface area contributed by atoms with Gasteiger partial charge in [0.05, 0.1) is 5.69 Å². The van der Waals surface area contributed by atoms with Gasteiger partial charge < -0.3 is 0 Å². The Hall–Kier alpha value is -1.85. The molecule has 3 aromatic rings. The van der Waals surface area contributed by atoms with Crippen LogP contribution in [0.25, 0.3) is 17.1 Å². The quantitative estimate of drug-likeness (QED) is 0.476. The summed E-state index contributed by atoms with van der Waals surface area (Å²) < 4.78 is 3.53. The standard InChI is InChI=1S/C16H10BrN3S/c17-12-6-3-5-11(8-12)15-18-14-9-10-4-1-2-7-13(10)20(14)16(21)19-15/h1-8H,9H2. The molecule has 21 heavy (non-hydrogen) atoms. The maximum absolute atomic E-state index is 5.48. The molecule has 0 atom stereocenters. The van der Waals surface area contributed by atoms with Crippen molar-refractivity contribution in [3.63, 3.8) is 0 Å². The third kappa shape index (κ3) is 2.13. The van der Waals surface area contributed by atoms with Crippen molar-refractivity contribution in [2.24, 2.45) is 0 Å². The van der Waals surface area contributed by atoms with Gasteiger partial charge in [-0.1, -0.05) is 46.3 Å². The van der Waals surface area contributed by atoms with Crippen LogP contribution in [0.1, 0.15) is 11.4 Å². The van der Waals surface area contributed by atoms with Gasteiger partial charge in [-0.15, -0.1) is 0 Å². The zero-order chi connectivity index (χ0) is 14.4. The topological polar surface area (TPSA) is 30.7 Å². The second kappa shape index (κ2) is 4.86. The van der Waals surface area contributed by atoms with E-state index in [9.17, 15) is 0 Å². The lowest BCUT2D eigenvalue weighted by molar-refractivity contribution is 0.858. The summed E-state index contributed by atoms with van der Waals surface area (Å²) in [7, 11) is 0. The van der Waals surface area contributed by atoms with Crippen LogP contribution < -0.4 is 0 Å². The zero-order valence-corrected chi connectivity index (χ0v) is 13.4. The number of rotatable bonds is 1. The van der Waals surface area contributed by atoms with Gasteiger partial charge in [0, 0.05) is 16.5 Å². The molecule has 2 heterocycles. The molecule has 0 radical (unpaired) electrons. The average molecular weight is 356 g/mol. The molecular formula is C16H10BrN3S. The molecule has 1 aliphatic rings. The summed E-state index contributed by atoms with van der Waals surface area (Å²) in [5, 5.41) is 0. The summed E-state index contributed by atoms with van der Waals surface area (Å²) in [5.74, 6) is 1.63. The SMILES string of the molecule is S=c1nc(-c2cccc(Br)c2)nc2n1-c1ccccc1C2. The molecule has 2 aromatic carbocycles. The molecule has 4 rings (SSSR count). The number of halogens is 1. The van der Waals surface area contributed by atoms with Crippen LogP contribution in [0.3, 0.4) is 0 Å². The molecule has 0 spiro atoms. The fourth-order valence-corrected chi connectivity index (χ4v) is 3.30. The Morgan fingerprint density at radius 2 is 1.90 bits per heavy atom. The van der Waals surface area contributed by atoms with E-state index in [1.165, 1.54) is 5.56 Å². The monoisotopic (exact) mass is 355 g/mol. The van der Waals surface area contributed by atoms with E-state index in [1.807, 2.05) is 41.0 Å². The first kappa shape index (κ1) is 12.9. The summed E-state index contributed by atoms with van der Waals surface area (Å²) >= 11 is 8.95. The second-order valence-electron chi connectivity index (χ2n) is 4.90. The van der Waals surface area contributed by atoms with E-state index in [1.54, 1.807) is 0 Å². The number of benzene rings is 2. The van der Waals surface area contributed by atoms with Crippen molar-refractivity contribution in [1.29, 1.82) is 0 Å². The van der Waals surface area contributed by atoms with Gasteiger partial charge in [0.25, 0.3) is 0 Å². The minimum atomic E-state index is 0.555. The average Bonchev–Trinajstić information content (AvgIpc) is 2.86. The summed E-state index contributed by atoms with van der Waals surface area (Å²) in [6.07, 6.45) is 0.795. The smallest absolute Gasteiger partial charge is 0.207 e. The maximum atomic E-state index is 5.48. The molecule has 0 saturated carbocycles. The molecular weight excluding hydrogens is 346 g/mol. The van der Waals surface area contributed by atoms with E-state index >= 15 is 0 Å². The Labute approximate surface area is 135 Å². The largest absolute Gasteiger partial charge is 0.272 e. The van der Waals surface area contributed by atoms with E-state index in [2.05, 4.69) is 33.0 Å². The van der Waals surface area contributed by atoms with Crippen LogP contribution in [0, 0.1) is 4.77 Å². The van der Waals surface area contributed by atoms with Crippen LogP contribution in [-0.2, 0) is 6.42 Å². The minimum Gasteiger partial charge on any atom is -0.272 e. The molecule has 5 heteroatoms. The molecule has 0 aliphatic carbocycles. The van der Waals surface area contributed by atoms with Gasteiger partial charge in [0.15, 0.2) is 5.82 Å².